The Morgan fingerprint density at radius 2 is 1.79 bits per heavy atom. The number of pyridine rings is 1. The number of aromatic nitrogens is 1. The van der Waals surface area contributed by atoms with Gasteiger partial charge in [0, 0.05) is 45.5 Å². The summed E-state index contributed by atoms with van der Waals surface area (Å²) in [6.45, 7) is 20.4. The summed E-state index contributed by atoms with van der Waals surface area (Å²) < 4.78 is 5.16. The molecule has 2 aliphatic rings. The van der Waals surface area contributed by atoms with E-state index in [-0.39, 0.29) is 12.1 Å². The maximum atomic E-state index is 12.1. The number of hydrogen-bond donors (Lipinski definition) is 2. The molecule has 2 atom stereocenters. The fourth-order valence-electron chi connectivity index (χ4n) is 4.10. The van der Waals surface area contributed by atoms with Gasteiger partial charge in [0.15, 0.2) is 0 Å². The number of ether oxygens (including phenoxy) is 1. The molecule has 3 heterocycles. The third-order valence-electron chi connectivity index (χ3n) is 5.74. The maximum Gasteiger partial charge on any atom is 0.409 e. The molecule has 0 aliphatic carbocycles. The molecule has 1 aromatic heterocycles. The molecule has 0 saturated carbocycles. The van der Waals surface area contributed by atoms with Crippen LogP contribution in [0.5, 0.6) is 0 Å². The normalized spacial score (nSPS) is 17.2. The lowest BCUT2D eigenvalue weighted by molar-refractivity contribution is 0.0650. The molecule has 0 bridgehead atoms. The molecule has 7 heteroatoms. The van der Waals surface area contributed by atoms with Gasteiger partial charge in [0.2, 0.25) is 0 Å². The van der Waals surface area contributed by atoms with Crippen molar-refractivity contribution in [2.45, 2.75) is 74.0 Å². The molecule has 3 rings (SSSR count). The molecule has 0 aromatic carbocycles. The maximum absolute atomic E-state index is 12.1. The van der Waals surface area contributed by atoms with Crippen LogP contribution in [0.3, 0.4) is 0 Å². The van der Waals surface area contributed by atoms with E-state index in [1.54, 1.807) is 11.8 Å². The molecule has 0 spiro atoms. The highest BCUT2D eigenvalue weighted by atomic mass is 16.6. The summed E-state index contributed by atoms with van der Waals surface area (Å²) in [5.41, 5.74) is 3.19. The van der Waals surface area contributed by atoms with E-state index in [0.717, 1.165) is 43.0 Å². The van der Waals surface area contributed by atoms with Crippen LogP contribution in [0.4, 0.5) is 4.79 Å². The minimum atomic E-state index is -0.546. The van der Waals surface area contributed by atoms with Crippen LogP contribution in [0.1, 0.15) is 73.5 Å². The number of piperazine rings is 1. The Kier molecular flexibility index (Phi) is 21.5. The molecular formula is C32H54N4O3. The van der Waals surface area contributed by atoms with Crippen molar-refractivity contribution in [2.75, 3.05) is 45.9 Å². The van der Waals surface area contributed by atoms with Crippen LogP contribution in [0, 0.1) is 0 Å². The van der Waals surface area contributed by atoms with E-state index in [1.165, 1.54) is 0 Å². The Balaban J connectivity index is 0.00000225. The Labute approximate surface area is 238 Å². The highest BCUT2D eigenvalue weighted by Gasteiger charge is 2.28. The summed E-state index contributed by atoms with van der Waals surface area (Å²) in [4.78, 5) is 20.9. The number of carbonyl (C=O) groups is 1. The molecule has 0 radical (unpaired) electrons. The number of nitrogens with one attached hydrogen (secondary N) is 1. The summed E-state index contributed by atoms with van der Waals surface area (Å²) in [6.07, 6.45) is 14.2. The highest BCUT2D eigenvalue weighted by Crippen LogP contribution is 2.29. The van der Waals surface area contributed by atoms with Crippen LogP contribution in [-0.4, -0.2) is 78.0 Å². The number of allylic oxidation sites excluding steroid dienone is 4. The van der Waals surface area contributed by atoms with Crippen LogP contribution >= 0.6 is 0 Å². The van der Waals surface area contributed by atoms with Crippen molar-refractivity contribution in [2.24, 2.45) is 0 Å². The first-order valence-corrected chi connectivity index (χ1v) is 14.8. The molecule has 1 aromatic rings. The van der Waals surface area contributed by atoms with Gasteiger partial charge in [0.05, 0.1) is 24.4 Å². The number of nitrogens with zero attached hydrogens (tertiary/aromatic N) is 3. The molecule has 2 unspecified atom stereocenters. The van der Waals surface area contributed by atoms with E-state index in [9.17, 15) is 9.90 Å². The van der Waals surface area contributed by atoms with Gasteiger partial charge < -0.3 is 20.1 Å². The molecule has 1 amide bonds. The van der Waals surface area contributed by atoms with E-state index in [1.807, 2.05) is 78.9 Å². The lowest BCUT2D eigenvalue weighted by atomic mass is 9.98. The SMILES string of the molecule is CC.CC.CC.CCOC(=O)N1CCN(C(CC(=CC(C)O)/C=C\C2=CCNCC=C2)c2ccccn2)CC1. The van der Waals surface area contributed by atoms with Gasteiger partial charge in [-0.05, 0) is 43.5 Å². The first kappa shape index (κ1) is 36.3. The predicted octanol–water partition coefficient (Wildman–Crippen LogP) is 6.31. The van der Waals surface area contributed by atoms with E-state index >= 15 is 0 Å². The molecule has 39 heavy (non-hydrogen) atoms. The van der Waals surface area contributed by atoms with Gasteiger partial charge in [0.25, 0.3) is 0 Å². The monoisotopic (exact) mass is 542 g/mol. The highest BCUT2D eigenvalue weighted by molar-refractivity contribution is 5.67. The molecule has 2 aliphatic heterocycles. The predicted molar refractivity (Wildman–Crippen MR) is 165 cm³/mol. The van der Waals surface area contributed by atoms with Crippen molar-refractivity contribution in [3.05, 3.63) is 77.7 Å². The van der Waals surface area contributed by atoms with Gasteiger partial charge in [-0.2, -0.15) is 0 Å². The minimum Gasteiger partial charge on any atom is -0.450 e. The molecule has 2 N–H and O–H groups in total. The molecular weight excluding hydrogens is 488 g/mol. The van der Waals surface area contributed by atoms with Gasteiger partial charge in [-0.1, -0.05) is 84.1 Å². The van der Waals surface area contributed by atoms with Gasteiger partial charge in [-0.15, -0.1) is 0 Å². The van der Waals surface area contributed by atoms with Crippen molar-refractivity contribution >= 4 is 6.09 Å². The zero-order chi connectivity index (χ0) is 29.5. The lowest BCUT2D eigenvalue weighted by Crippen LogP contribution is -2.50. The fourth-order valence-corrected chi connectivity index (χ4v) is 4.10. The number of aliphatic hydroxyl groups is 1. The first-order valence-electron chi connectivity index (χ1n) is 14.8. The standard InChI is InChI=1S/C26H36N4O3.3C2H6/c1-3-33-26(32)30-17-15-29(16-18-30)25(24-8-4-5-13-28-24)20-23(19-21(2)31)10-9-22-7-6-12-27-14-11-22;3*1-2/h4-11,13,19,21,25,27,31H,3,12,14-18,20H2,1-2H3;3*1-2H3/b10-9-,23-19?;;;. The topological polar surface area (TPSA) is 77.9 Å². The van der Waals surface area contributed by atoms with Crippen molar-refractivity contribution < 1.29 is 14.6 Å². The number of carbonyl (C=O) groups excluding carboxylic acids is 1. The number of hydrogen-bond acceptors (Lipinski definition) is 6. The average Bonchev–Trinajstić information content (AvgIpc) is 3.27. The smallest absolute Gasteiger partial charge is 0.409 e. The fraction of sp³-hybridized carbons (Fsp3) is 0.562. The minimum absolute atomic E-state index is 0.0468. The van der Waals surface area contributed by atoms with Gasteiger partial charge >= 0.3 is 6.09 Å². The van der Waals surface area contributed by atoms with Crippen molar-refractivity contribution in [3.8, 4) is 0 Å². The zero-order valence-electron chi connectivity index (χ0n) is 25.7. The third-order valence-corrected chi connectivity index (χ3v) is 5.74. The number of rotatable bonds is 8. The van der Waals surface area contributed by atoms with E-state index in [2.05, 4.69) is 45.6 Å². The van der Waals surface area contributed by atoms with Crippen LogP contribution in [-0.2, 0) is 4.74 Å². The quantitative estimate of drug-likeness (QED) is 0.375. The Morgan fingerprint density at radius 1 is 1.10 bits per heavy atom. The first-order chi connectivity index (χ1) is 19.1. The van der Waals surface area contributed by atoms with Crippen LogP contribution in [0.2, 0.25) is 0 Å². The van der Waals surface area contributed by atoms with Crippen molar-refractivity contribution in [3.63, 3.8) is 0 Å². The number of amides is 1. The van der Waals surface area contributed by atoms with Crippen LogP contribution in [0.25, 0.3) is 0 Å². The van der Waals surface area contributed by atoms with E-state index in [0.29, 0.717) is 26.1 Å². The summed E-state index contributed by atoms with van der Waals surface area (Å²) in [5.74, 6) is 0. The van der Waals surface area contributed by atoms with E-state index in [4.69, 9.17) is 4.74 Å². The second kappa shape index (κ2) is 23.2. The van der Waals surface area contributed by atoms with E-state index < -0.39 is 6.10 Å². The van der Waals surface area contributed by atoms with Gasteiger partial charge in [-0.3, -0.25) is 9.88 Å². The molecule has 1 saturated heterocycles. The average molecular weight is 543 g/mol. The summed E-state index contributed by atoms with van der Waals surface area (Å²) in [5, 5.41) is 13.4. The second-order valence-corrected chi connectivity index (χ2v) is 8.28. The zero-order valence-corrected chi connectivity index (χ0v) is 25.7. The summed E-state index contributed by atoms with van der Waals surface area (Å²) in [6, 6.07) is 6.02. The lowest BCUT2D eigenvalue weighted by Gasteiger charge is -2.38. The third kappa shape index (κ3) is 14.3. The summed E-state index contributed by atoms with van der Waals surface area (Å²) in [7, 11) is 0. The van der Waals surface area contributed by atoms with Crippen LogP contribution in [0.15, 0.2) is 72.0 Å². The Bertz CT molecular complexity index is 871. The van der Waals surface area contributed by atoms with Gasteiger partial charge in [0.1, 0.15) is 0 Å². The largest absolute Gasteiger partial charge is 0.450 e. The molecule has 7 nitrogen and oxygen atoms in total. The van der Waals surface area contributed by atoms with Crippen molar-refractivity contribution in [1.82, 2.24) is 20.1 Å². The number of aliphatic hydroxyl groups excluding tert-OH is 1. The summed E-state index contributed by atoms with van der Waals surface area (Å²) >= 11 is 0. The van der Waals surface area contributed by atoms with Crippen molar-refractivity contribution in [1.29, 1.82) is 0 Å². The van der Waals surface area contributed by atoms with Gasteiger partial charge in [-0.25, -0.2) is 4.79 Å². The molecule has 1 fully saturated rings. The Morgan fingerprint density at radius 3 is 2.38 bits per heavy atom. The van der Waals surface area contributed by atoms with Crippen LogP contribution < -0.4 is 5.32 Å². The second-order valence-electron chi connectivity index (χ2n) is 8.28. The molecule has 220 valence electrons. The Hall–Kier alpha value is -2.74.